The van der Waals surface area contributed by atoms with Gasteiger partial charge in [-0.2, -0.15) is 0 Å². The maximum absolute atomic E-state index is 13.7. The summed E-state index contributed by atoms with van der Waals surface area (Å²) in [5, 5.41) is 9.60. The van der Waals surface area contributed by atoms with Gasteiger partial charge in [0.15, 0.2) is 0 Å². The molecule has 0 radical (unpaired) electrons. The molecule has 4 rings (SSSR count). The van der Waals surface area contributed by atoms with E-state index in [0.29, 0.717) is 35.4 Å². The van der Waals surface area contributed by atoms with Crippen molar-refractivity contribution in [1.82, 2.24) is 10.6 Å². The molecule has 3 N–H and O–H groups in total. The maximum Gasteiger partial charge on any atom is 0.251 e. The Morgan fingerprint density at radius 3 is 2.44 bits per heavy atom. The van der Waals surface area contributed by atoms with Gasteiger partial charge in [0.25, 0.3) is 5.91 Å². The van der Waals surface area contributed by atoms with Crippen LogP contribution in [-0.4, -0.2) is 51.8 Å². The van der Waals surface area contributed by atoms with Gasteiger partial charge in [0.1, 0.15) is 0 Å². The second kappa shape index (κ2) is 13.8. The molecule has 0 bridgehead atoms. The number of benzene rings is 2. The third-order valence-corrected chi connectivity index (χ3v) is 10.2. The minimum absolute atomic E-state index is 0.0987. The molecule has 4 atom stereocenters. The quantitative estimate of drug-likeness (QED) is 0.273. The van der Waals surface area contributed by atoms with E-state index in [9.17, 15) is 13.2 Å². The fourth-order valence-corrected chi connectivity index (χ4v) is 5.84. The highest BCUT2D eigenvalue weighted by Gasteiger charge is 2.32. The molecule has 222 valence electrons. The Hall–Kier alpha value is -3.02. The van der Waals surface area contributed by atoms with Gasteiger partial charge in [0.05, 0.1) is 17.0 Å². The summed E-state index contributed by atoms with van der Waals surface area (Å²) in [4.78, 5) is 13.7. The van der Waals surface area contributed by atoms with Crippen LogP contribution in [0.5, 0.6) is 0 Å². The van der Waals surface area contributed by atoms with Crippen LogP contribution in [-0.2, 0) is 16.4 Å². The van der Waals surface area contributed by atoms with Crippen molar-refractivity contribution in [3.8, 4) is 11.8 Å². The van der Waals surface area contributed by atoms with Gasteiger partial charge < -0.3 is 16.0 Å². The van der Waals surface area contributed by atoms with Gasteiger partial charge in [0, 0.05) is 36.8 Å². The van der Waals surface area contributed by atoms with Crippen LogP contribution in [0.1, 0.15) is 69.3 Å². The van der Waals surface area contributed by atoms with Crippen molar-refractivity contribution in [2.24, 2.45) is 17.8 Å². The number of carbonyl (C=O) groups is 1. The van der Waals surface area contributed by atoms with Gasteiger partial charge >= 0.3 is 0 Å². The molecule has 41 heavy (non-hydrogen) atoms. The van der Waals surface area contributed by atoms with Crippen molar-refractivity contribution in [3.05, 3.63) is 59.7 Å². The van der Waals surface area contributed by atoms with Crippen molar-refractivity contribution in [2.45, 2.75) is 77.1 Å². The number of carbonyl (C=O) groups excluding carboxylic acids is 1. The summed E-state index contributed by atoms with van der Waals surface area (Å²) in [6.07, 6.45) is 5.04. The Kier molecular flexibility index (Phi) is 10.4. The van der Waals surface area contributed by atoms with Crippen LogP contribution in [0, 0.1) is 29.6 Å². The van der Waals surface area contributed by atoms with Crippen molar-refractivity contribution >= 4 is 27.3 Å². The van der Waals surface area contributed by atoms with Gasteiger partial charge in [-0.1, -0.05) is 49.1 Å². The van der Waals surface area contributed by atoms with E-state index in [1.165, 1.54) is 23.6 Å². The SMILES string of the molecule is CC(C#CC1CC1)NCC[C@H](Cc1ccccc1)NC(=O)c1cc(NCC2C[C@@H]2C)cc(N(C)S(=O)(=O)C(C)C)c1. The summed E-state index contributed by atoms with van der Waals surface area (Å²) < 4.78 is 27.2. The number of anilines is 2. The van der Waals surface area contributed by atoms with Crippen molar-refractivity contribution in [2.75, 3.05) is 29.8 Å². The number of amides is 1. The summed E-state index contributed by atoms with van der Waals surface area (Å²) in [6.45, 7) is 9.15. The average Bonchev–Trinajstić information content (AvgIpc) is 3.88. The molecule has 8 heteroatoms. The van der Waals surface area contributed by atoms with E-state index < -0.39 is 15.3 Å². The fraction of sp³-hybridized carbons (Fsp3) is 0.545. The van der Waals surface area contributed by atoms with Crippen LogP contribution < -0.4 is 20.3 Å². The number of hydrogen-bond donors (Lipinski definition) is 3. The topological polar surface area (TPSA) is 90.5 Å². The Labute approximate surface area is 246 Å². The molecule has 2 aliphatic rings. The molecule has 0 heterocycles. The highest BCUT2D eigenvalue weighted by molar-refractivity contribution is 7.93. The van der Waals surface area contributed by atoms with Gasteiger partial charge in [-0.25, -0.2) is 8.42 Å². The number of sulfonamides is 1. The lowest BCUT2D eigenvalue weighted by molar-refractivity contribution is 0.0935. The van der Waals surface area contributed by atoms with Gasteiger partial charge in [-0.05, 0) is 95.0 Å². The second-order valence-electron chi connectivity index (χ2n) is 12.1. The predicted octanol–water partition coefficient (Wildman–Crippen LogP) is 5.05. The first-order valence-electron chi connectivity index (χ1n) is 15.0. The summed E-state index contributed by atoms with van der Waals surface area (Å²) in [7, 11) is -2.00. The van der Waals surface area contributed by atoms with Crippen LogP contribution in [0.4, 0.5) is 11.4 Å². The Balaban J connectivity index is 1.51. The molecule has 0 spiro atoms. The molecule has 2 aliphatic carbocycles. The zero-order valence-electron chi connectivity index (χ0n) is 25.1. The van der Waals surface area contributed by atoms with E-state index in [0.717, 1.165) is 30.8 Å². The predicted molar refractivity (Wildman–Crippen MR) is 169 cm³/mol. The molecular formula is C33H46N4O3S. The summed E-state index contributed by atoms with van der Waals surface area (Å²) in [6, 6.07) is 15.5. The molecule has 2 unspecified atom stereocenters. The highest BCUT2D eigenvalue weighted by Crippen LogP contribution is 2.38. The van der Waals surface area contributed by atoms with Crippen molar-refractivity contribution in [1.29, 1.82) is 0 Å². The summed E-state index contributed by atoms with van der Waals surface area (Å²) >= 11 is 0. The molecule has 2 fully saturated rings. The van der Waals surface area contributed by atoms with Crippen LogP contribution in [0.15, 0.2) is 48.5 Å². The Morgan fingerprint density at radius 2 is 1.80 bits per heavy atom. The average molecular weight is 579 g/mol. The fourth-order valence-electron chi connectivity index (χ4n) is 4.81. The van der Waals surface area contributed by atoms with Crippen LogP contribution in [0.2, 0.25) is 0 Å². The van der Waals surface area contributed by atoms with Crippen LogP contribution in [0.25, 0.3) is 0 Å². The molecule has 2 saturated carbocycles. The standard InChI is InChI=1S/C33H46N4O3S/c1-23(2)41(39,40)37(5)32-20-28(19-31(21-32)35-22-29-17-24(29)3)33(38)36-30(18-27-9-7-6-8-10-27)15-16-34-25(4)11-12-26-13-14-26/h6-10,19-21,23-26,29-30,34-35H,13-18,22H2,1-5H3,(H,36,38)/t24-,25?,29?,30+/m0/s1. The van der Waals surface area contributed by atoms with Gasteiger partial charge in [-0.3, -0.25) is 9.10 Å². The van der Waals surface area contributed by atoms with Crippen molar-refractivity contribution < 1.29 is 13.2 Å². The molecular weight excluding hydrogens is 532 g/mol. The number of hydrogen-bond acceptors (Lipinski definition) is 5. The van der Waals surface area contributed by atoms with E-state index in [4.69, 9.17) is 0 Å². The second-order valence-corrected chi connectivity index (χ2v) is 14.6. The third-order valence-electron chi connectivity index (χ3n) is 8.05. The van der Waals surface area contributed by atoms with Gasteiger partial charge in [-0.15, -0.1) is 0 Å². The zero-order valence-corrected chi connectivity index (χ0v) is 25.9. The lowest BCUT2D eigenvalue weighted by atomic mass is 10.0. The first kappa shape index (κ1) is 30.9. The first-order valence-corrected chi connectivity index (χ1v) is 16.5. The minimum atomic E-state index is -3.55. The largest absolute Gasteiger partial charge is 0.385 e. The molecule has 2 aromatic rings. The van der Waals surface area contributed by atoms with Crippen molar-refractivity contribution in [3.63, 3.8) is 0 Å². The molecule has 7 nitrogen and oxygen atoms in total. The lowest BCUT2D eigenvalue weighted by Gasteiger charge is -2.24. The Morgan fingerprint density at radius 1 is 1.10 bits per heavy atom. The summed E-state index contributed by atoms with van der Waals surface area (Å²) in [5.74, 6) is 8.26. The van der Waals surface area contributed by atoms with Crippen LogP contribution >= 0.6 is 0 Å². The maximum atomic E-state index is 13.7. The molecule has 0 saturated heterocycles. The van der Waals surface area contributed by atoms with E-state index in [1.54, 1.807) is 27.0 Å². The number of nitrogens with one attached hydrogen (secondary N) is 3. The molecule has 1 amide bonds. The van der Waals surface area contributed by atoms with E-state index >= 15 is 0 Å². The van der Waals surface area contributed by atoms with E-state index in [2.05, 4.69) is 53.8 Å². The van der Waals surface area contributed by atoms with E-state index in [-0.39, 0.29) is 18.0 Å². The number of rotatable bonds is 14. The normalized spacial score (nSPS) is 19.6. The molecule has 0 aromatic heterocycles. The van der Waals surface area contributed by atoms with E-state index in [1.807, 2.05) is 30.3 Å². The van der Waals surface area contributed by atoms with Crippen LogP contribution in [0.3, 0.4) is 0 Å². The number of nitrogens with zero attached hydrogens (tertiary/aromatic N) is 1. The first-order chi connectivity index (χ1) is 19.5. The smallest absolute Gasteiger partial charge is 0.251 e. The monoisotopic (exact) mass is 578 g/mol. The third kappa shape index (κ3) is 9.24. The zero-order chi connectivity index (χ0) is 29.6. The lowest BCUT2D eigenvalue weighted by Crippen LogP contribution is -2.40. The Bertz CT molecular complexity index is 1350. The highest BCUT2D eigenvalue weighted by atomic mass is 32.2. The van der Waals surface area contributed by atoms with Gasteiger partial charge in [0.2, 0.25) is 10.0 Å². The minimum Gasteiger partial charge on any atom is -0.385 e. The summed E-state index contributed by atoms with van der Waals surface area (Å²) in [5.41, 5.74) is 2.81. The molecule has 0 aliphatic heterocycles. The molecule has 2 aromatic carbocycles.